The molecule has 0 aromatic rings. The van der Waals surface area contributed by atoms with Gasteiger partial charge in [-0.15, -0.1) is 0 Å². The van der Waals surface area contributed by atoms with Crippen LogP contribution >= 0.6 is 0 Å². The molecule has 2 saturated heterocycles. The Hall–Kier alpha value is -0.630. The van der Waals surface area contributed by atoms with Gasteiger partial charge in [0, 0.05) is 19.1 Å². The maximum absolute atomic E-state index is 9.76. The Morgan fingerprint density at radius 1 is 1.20 bits per heavy atom. The fourth-order valence-electron chi connectivity index (χ4n) is 4.17. The predicted molar refractivity (Wildman–Crippen MR) is 80.4 cm³/mol. The quantitative estimate of drug-likeness (QED) is 0.825. The lowest BCUT2D eigenvalue weighted by molar-refractivity contribution is 0.177. The maximum atomic E-state index is 9.76. The monoisotopic (exact) mass is 276 g/mol. The number of rotatable bonds is 5. The summed E-state index contributed by atoms with van der Waals surface area (Å²) >= 11 is 0. The molecule has 2 unspecified atom stereocenters. The lowest BCUT2D eigenvalue weighted by Gasteiger charge is -2.35. The molecule has 0 bridgehead atoms. The molecule has 1 saturated carbocycles. The van der Waals surface area contributed by atoms with E-state index in [0.717, 1.165) is 25.7 Å². The van der Waals surface area contributed by atoms with E-state index in [1.165, 1.54) is 51.7 Å². The van der Waals surface area contributed by atoms with Gasteiger partial charge in [-0.2, -0.15) is 5.26 Å². The van der Waals surface area contributed by atoms with E-state index >= 15 is 0 Å². The van der Waals surface area contributed by atoms with Crippen LogP contribution in [0.3, 0.4) is 0 Å². The van der Waals surface area contributed by atoms with Gasteiger partial charge in [0.1, 0.15) is 5.54 Å². The van der Waals surface area contributed by atoms with Crippen molar-refractivity contribution < 1.29 is 0 Å². The van der Waals surface area contributed by atoms with Crippen molar-refractivity contribution in [2.45, 2.75) is 50.6 Å². The minimum absolute atomic E-state index is 0.289. The smallest absolute Gasteiger partial charge is 0.122 e. The van der Waals surface area contributed by atoms with E-state index in [1.54, 1.807) is 0 Å². The van der Waals surface area contributed by atoms with Crippen LogP contribution in [0.15, 0.2) is 0 Å². The van der Waals surface area contributed by atoms with Gasteiger partial charge in [-0.3, -0.25) is 15.1 Å². The number of nitriles is 1. The Labute approximate surface area is 123 Å². The van der Waals surface area contributed by atoms with Crippen LogP contribution in [0.5, 0.6) is 0 Å². The third kappa shape index (κ3) is 2.86. The SMILES string of the molecule is CCNC(C#N)(CN1CCCN2CCCC2C1)C1CC1. The summed E-state index contributed by atoms with van der Waals surface area (Å²) in [5, 5.41) is 13.3. The largest absolute Gasteiger partial charge is 0.299 e. The van der Waals surface area contributed by atoms with Gasteiger partial charge in [-0.05, 0) is 64.2 Å². The number of hydrogen-bond donors (Lipinski definition) is 1. The molecule has 2 atom stereocenters. The van der Waals surface area contributed by atoms with Gasteiger partial charge in [0.15, 0.2) is 0 Å². The van der Waals surface area contributed by atoms with Crippen LogP contribution in [-0.4, -0.2) is 60.6 Å². The van der Waals surface area contributed by atoms with E-state index in [-0.39, 0.29) is 5.54 Å². The average Bonchev–Trinajstić information content (AvgIpc) is 3.24. The highest BCUT2D eigenvalue weighted by atomic mass is 15.3. The number of fused-ring (bicyclic) bond motifs is 1. The minimum Gasteiger partial charge on any atom is -0.299 e. The van der Waals surface area contributed by atoms with Gasteiger partial charge in [-0.25, -0.2) is 0 Å². The van der Waals surface area contributed by atoms with Gasteiger partial charge in [-0.1, -0.05) is 6.92 Å². The second-order valence-electron chi connectivity index (χ2n) is 6.81. The molecule has 3 rings (SSSR count). The first kappa shape index (κ1) is 14.3. The summed E-state index contributed by atoms with van der Waals surface area (Å²) in [5.41, 5.74) is -0.289. The molecule has 112 valence electrons. The second-order valence-corrected chi connectivity index (χ2v) is 6.81. The van der Waals surface area contributed by atoms with Crippen LogP contribution in [0.25, 0.3) is 0 Å². The van der Waals surface area contributed by atoms with Crippen molar-refractivity contribution >= 4 is 0 Å². The number of hydrogen-bond acceptors (Lipinski definition) is 4. The molecule has 2 aliphatic heterocycles. The van der Waals surface area contributed by atoms with E-state index < -0.39 is 0 Å². The number of nitrogens with one attached hydrogen (secondary N) is 1. The number of nitrogens with zero attached hydrogens (tertiary/aromatic N) is 3. The Kier molecular flexibility index (Phi) is 4.30. The Balaban J connectivity index is 1.66. The minimum atomic E-state index is -0.289. The third-order valence-electron chi connectivity index (χ3n) is 5.33. The van der Waals surface area contributed by atoms with Crippen molar-refractivity contribution in [3.63, 3.8) is 0 Å². The van der Waals surface area contributed by atoms with Crippen molar-refractivity contribution in [3.05, 3.63) is 0 Å². The molecule has 1 aliphatic carbocycles. The van der Waals surface area contributed by atoms with Crippen LogP contribution in [0.2, 0.25) is 0 Å². The lowest BCUT2D eigenvalue weighted by atomic mass is 9.93. The zero-order valence-corrected chi connectivity index (χ0v) is 12.8. The molecule has 0 amide bonds. The molecule has 1 N–H and O–H groups in total. The third-order valence-corrected chi connectivity index (χ3v) is 5.33. The van der Waals surface area contributed by atoms with Gasteiger partial charge in [0.25, 0.3) is 0 Å². The Morgan fingerprint density at radius 3 is 2.70 bits per heavy atom. The van der Waals surface area contributed by atoms with Crippen LogP contribution in [-0.2, 0) is 0 Å². The molecule has 20 heavy (non-hydrogen) atoms. The zero-order valence-electron chi connectivity index (χ0n) is 12.8. The predicted octanol–water partition coefficient (Wildman–Crippen LogP) is 1.44. The van der Waals surface area contributed by atoms with Crippen molar-refractivity contribution in [3.8, 4) is 6.07 Å². The van der Waals surface area contributed by atoms with Crippen LogP contribution in [0, 0.1) is 17.2 Å². The fraction of sp³-hybridized carbons (Fsp3) is 0.938. The van der Waals surface area contributed by atoms with Crippen molar-refractivity contribution in [2.24, 2.45) is 5.92 Å². The van der Waals surface area contributed by atoms with Gasteiger partial charge < -0.3 is 0 Å². The first-order valence-corrected chi connectivity index (χ1v) is 8.40. The van der Waals surface area contributed by atoms with Gasteiger partial charge in [0.2, 0.25) is 0 Å². The summed E-state index contributed by atoms with van der Waals surface area (Å²) in [6.45, 7) is 8.81. The van der Waals surface area contributed by atoms with Crippen LogP contribution < -0.4 is 5.32 Å². The molecule has 0 spiro atoms. The molecular formula is C16H28N4. The molecule has 3 fully saturated rings. The first-order valence-electron chi connectivity index (χ1n) is 8.40. The van der Waals surface area contributed by atoms with Crippen LogP contribution in [0.4, 0.5) is 0 Å². The molecule has 4 heteroatoms. The van der Waals surface area contributed by atoms with Gasteiger partial charge >= 0.3 is 0 Å². The summed E-state index contributed by atoms with van der Waals surface area (Å²) in [5.74, 6) is 0.579. The van der Waals surface area contributed by atoms with E-state index in [9.17, 15) is 5.26 Å². The molecule has 0 aromatic heterocycles. The fourth-order valence-corrected chi connectivity index (χ4v) is 4.17. The Bertz CT molecular complexity index is 373. The molecular weight excluding hydrogens is 248 g/mol. The van der Waals surface area contributed by atoms with E-state index in [0.29, 0.717) is 5.92 Å². The van der Waals surface area contributed by atoms with Crippen LogP contribution in [0.1, 0.15) is 39.0 Å². The summed E-state index contributed by atoms with van der Waals surface area (Å²) < 4.78 is 0. The highest BCUT2D eigenvalue weighted by molar-refractivity contribution is 5.16. The standard InChI is InChI=1S/C16H28N4/c1-2-18-16(12-17,14-6-7-14)13-19-8-4-10-20-9-3-5-15(20)11-19/h14-15,18H,2-11,13H2,1H3. The second kappa shape index (κ2) is 6.01. The highest BCUT2D eigenvalue weighted by Gasteiger charge is 2.46. The van der Waals surface area contributed by atoms with Crippen molar-refractivity contribution in [2.75, 3.05) is 39.3 Å². The normalized spacial score (nSPS) is 31.3. The van der Waals surface area contributed by atoms with E-state index in [2.05, 4.69) is 28.1 Å². The lowest BCUT2D eigenvalue weighted by Crippen LogP contribution is -2.55. The summed E-state index contributed by atoms with van der Waals surface area (Å²) in [4.78, 5) is 5.23. The summed E-state index contributed by atoms with van der Waals surface area (Å²) in [7, 11) is 0. The summed E-state index contributed by atoms with van der Waals surface area (Å²) in [6, 6.07) is 3.38. The zero-order chi connectivity index (χ0) is 14.0. The highest BCUT2D eigenvalue weighted by Crippen LogP contribution is 2.40. The number of likely N-dealkylation sites (N-methyl/N-ethyl adjacent to an activating group) is 1. The Morgan fingerprint density at radius 2 is 2.00 bits per heavy atom. The summed E-state index contributed by atoms with van der Waals surface area (Å²) in [6.07, 6.45) is 6.42. The maximum Gasteiger partial charge on any atom is 0.122 e. The molecule has 0 aromatic carbocycles. The molecule has 2 heterocycles. The average molecular weight is 276 g/mol. The topological polar surface area (TPSA) is 42.3 Å². The molecule has 0 radical (unpaired) electrons. The molecule has 3 aliphatic rings. The van der Waals surface area contributed by atoms with E-state index in [4.69, 9.17) is 0 Å². The van der Waals surface area contributed by atoms with E-state index in [1.807, 2.05) is 0 Å². The van der Waals surface area contributed by atoms with Gasteiger partial charge in [0.05, 0.1) is 6.07 Å². The van der Waals surface area contributed by atoms with Crippen molar-refractivity contribution in [1.29, 1.82) is 5.26 Å². The molecule has 4 nitrogen and oxygen atoms in total. The first-order chi connectivity index (χ1) is 9.77. The van der Waals surface area contributed by atoms with Crippen molar-refractivity contribution in [1.82, 2.24) is 15.1 Å².